The number of aromatic hydroxyl groups is 1. The van der Waals surface area contributed by atoms with Crippen LogP contribution in [0.1, 0.15) is 22.3 Å². The highest BCUT2D eigenvalue weighted by molar-refractivity contribution is 5.89. The lowest BCUT2D eigenvalue weighted by atomic mass is 10.1. The van der Waals surface area contributed by atoms with Crippen LogP contribution < -0.4 is 5.56 Å². The van der Waals surface area contributed by atoms with Crippen LogP contribution in [0.4, 0.5) is 8.78 Å². The predicted octanol–water partition coefficient (Wildman–Crippen LogP) is 0.716. The number of carboxylic acid groups (broad SMARTS) is 1. The van der Waals surface area contributed by atoms with Gasteiger partial charge < -0.3 is 15.2 Å². The average molecular weight is 205 g/mol. The molecule has 0 aliphatic carbocycles. The smallest absolute Gasteiger partial charge is 0.341 e. The van der Waals surface area contributed by atoms with E-state index in [1.54, 1.807) is 0 Å². The largest absolute Gasteiger partial charge is 0.506 e. The van der Waals surface area contributed by atoms with Gasteiger partial charge in [-0.15, -0.1) is 0 Å². The second-order valence-corrected chi connectivity index (χ2v) is 2.40. The summed E-state index contributed by atoms with van der Waals surface area (Å²) in [5, 5.41) is 17.4. The number of halogens is 2. The van der Waals surface area contributed by atoms with Crippen LogP contribution in [0.5, 0.6) is 5.75 Å². The van der Waals surface area contributed by atoms with Crippen molar-refractivity contribution in [3.8, 4) is 5.75 Å². The number of H-pyrrole nitrogens is 1. The highest BCUT2D eigenvalue weighted by Gasteiger charge is 2.25. The van der Waals surface area contributed by atoms with Gasteiger partial charge in [0.15, 0.2) is 0 Å². The van der Waals surface area contributed by atoms with Gasteiger partial charge in [-0.1, -0.05) is 0 Å². The van der Waals surface area contributed by atoms with Gasteiger partial charge in [0.05, 0.1) is 5.56 Å². The van der Waals surface area contributed by atoms with Gasteiger partial charge >= 0.3 is 5.97 Å². The van der Waals surface area contributed by atoms with Gasteiger partial charge in [0, 0.05) is 6.20 Å². The van der Waals surface area contributed by atoms with Crippen LogP contribution in [0.25, 0.3) is 0 Å². The monoisotopic (exact) mass is 205 g/mol. The van der Waals surface area contributed by atoms with Crippen LogP contribution in [0, 0.1) is 0 Å². The number of carboxylic acids is 1. The topological polar surface area (TPSA) is 90.4 Å². The summed E-state index contributed by atoms with van der Waals surface area (Å²) in [6.45, 7) is 0. The number of hydrogen-bond donors (Lipinski definition) is 3. The summed E-state index contributed by atoms with van der Waals surface area (Å²) in [4.78, 5) is 23.1. The van der Waals surface area contributed by atoms with E-state index in [-0.39, 0.29) is 0 Å². The Balaban J connectivity index is 3.58. The summed E-state index contributed by atoms with van der Waals surface area (Å²) < 4.78 is 24.5. The summed E-state index contributed by atoms with van der Waals surface area (Å²) in [6, 6.07) is 0. The normalized spacial score (nSPS) is 10.5. The second kappa shape index (κ2) is 3.44. The molecule has 0 aliphatic heterocycles. The van der Waals surface area contributed by atoms with Crippen molar-refractivity contribution in [2.75, 3.05) is 0 Å². The molecular weight excluding hydrogens is 200 g/mol. The summed E-state index contributed by atoms with van der Waals surface area (Å²) in [6.07, 6.45) is -2.60. The highest BCUT2D eigenvalue weighted by Crippen LogP contribution is 2.28. The fourth-order valence-electron chi connectivity index (χ4n) is 0.967. The Bertz CT molecular complexity index is 426. The molecule has 1 heterocycles. The maximum atomic E-state index is 12.3. The van der Waals surface area contributed by atoms with E-state index in [9.17, 15) is 18.4 Å². The molecule has 0 radical (unpaired) electrons. The van der Waals surface area contributed by atoms with Crippen LogP contribution in [-0.4, -0.2) is 21.2 Å². The minimum atomic E-state index is -3.22. The predicted molar refractivity (Wildman–Crippen MR) is 40.6 cm³/mol. The molecule has 0 fully saturated rings. The second-order valence-electron chi connectivity index (χ2n) is 2.40. The van der Waals surface area contributed by atoms with E-state index in [1.165, 1.54) is 0 Å². The van der Waals surface area contributed by atoms with E-state index in [0.717, 1.165) is 0 Å². The van der Waals surface area contributed by atoms with E-state index in [1.807, 2.05) is 4.98 Å². The van der Waals surface area contributed by atoms with Gasteiger partial charge in [-0.25, -0.2) is 13.6 Å². The van der Waals surface area contributed by atoms with Crippen molar-refractivity contribution in [1.29, 1.82) is 0 Å². The summed E-state index contributed by atoms with van der Waals surface area (Å²) in [5.41, 5.74) is -3.48. The van der Waals surface area contributed by atoms with Crippen LogP contribution in [0.15, 0.2) is 11.0 Å². The Morgan fingerprint density at radius 1 is 1.50 bits per heavy atom. The first-order valence-corrected chi connectivity index (χ1v) is 3.41. The fourth-order valence-corrected chi connectivity index (χ4v) is 0.967. The molecule has 7 heteroatoms. The molecule has 76 valence electrons. The Morgan fingerprint density at radius 3 is 2.43 bits per heavy atom. The number of aromatic carboxylic acids is 1. The van der Waals surface area contributed by atoms with Crippen molar-refractivity contribution in [2.24, 2.45) is 0 Å². The minimum absolute atomic E-state index is 0.621. The van der Waals surface area contributed by atoms with Crippen molar-refractivity contribution < 1.29 is 23.8 Å². The van der Waals surface area contributed by atoms with Gasteiger partial charge in [0.25, 0.3) is 12.0 Å². The Kier molecular flexibility index (Phi) is 2.50. The van der Waals surface area contributed by atoms with Crippen LogP contribution in [0.2, 0.25) is 0 Å². The molecule has 0 atom stereocenters. The van der Waals surface area contributed by atoms with Crippen molar-refractivity contribution in [1.82, 2.24) is 4.98 Å². The Morgan fingerprint density at radius 2 is 2.07 bits per heavy atom. The lowest BCUT2D eigenvalue weighted by molar-refractivity contribution is 0.0680. The third-order valence-corrected chi connectivity index (χ3v) is 1.54. The quantitative estimate of drug-likeness (QED) is 0.663. The molecule has 1 aromatic rings. The molecular formula is C7H5F2NO4. The number of aromatic nitrogens is 1. The maximum Gasteiger partial charge on any atom is 0.341 e. The fraction of sp³-hybridized carbons (Fsp3) is 0.143. The first kappa shape index (κ1) is 10.2. The van der Waals surface area contributed by atoms with Gasteiger partial charge in [0.1, 0.15) is 11.3 Å². The zero-order valence-corrected chi connectivity index (χ0v) is 6.62. The van der Waals surface area contributed by atoms with Crippen molar-refractivity contribution in [2.45, 2.75) is 6.43 Å². The Labute approximate surface area is 75.6 Å². The van der Waals surface area contributed by atoms with Gasteiger partial charge in [0.2, 0.25) is 0 Å². The molecule has 14 heavy (non-hydrogen) atoms. The lowest BCUT2D eigenvalue weighted by Gasteiger charge is -2.05. The number of nitrogens with one attached hydrogen (secondary N) is 1. The molecule has 3 N–H and O–H groups in total. The number of rotatable bonds is 2. The molecule has 0 unspecified atom stereocenters. The van der Waals surface area contributed by atoms with E-state index in [2.05, 4.69) is 0 Å². The van der Waals surface area contributed by atoms with Gasteiger partial charge in [-0.3, -0.25) is 4.79 Å². The molecule has 0 aromatic carbocycles. The zero-order chi connectivity index (χ0) is 10.9. The van der Waals surface area contributed by atoms with Crippen LogP contribution >= 0.6 is 0 Å². The standard InChI is InChI=1S/C7H5F2NO4/c8-5(9)3-2(11)1-10-6(12)4(3)7(13)14/h1,5,11H,(H,10,12)(H,13,14). The summed E-state index contributed by atoms with van der Waals surface area (Å²) >= 11 is 0. The van der Waals surface area contributed by atoms with Gasteiger partial charge in [-0.05, 0) is 0 Å². The zero-order valence-electron chi connectivity index (χ0n) is 6.62. The maximum absolute atomic E-state index is 12.3. The number of pyridine rings is 1. The SMILES string of the molecule is O=C(O)c1c(C(F)F)c(O)c[nH]c1=O. The van der Waals surface area contributed by atoms with Gasteiger partial charge in [-0.2, -0.15) is 0 Å². The molecule has 1 aromatic heterocycles. The average Bonchev–Trinajstić information content (AvgIpc) is 2.07. The number of alkyl halides is 2. The van der Waals surface area contributed by atoms with E-state index < -0.39 is 34.8 Å². The molecule has 0 saturated carbocycles. The first-order valence-electron chi connectivity index (χ1n) is 3.41. The van der Waals surface area contributed by atoms with E-state index in [0.29, 0.717) is 6.20 Å². The van der Waals surface area contributed by atoms with Crippen LogP contribution in [0.3, 0.4) is 0 Å². The third kappa shape index (κ3) is 1.56. The molecule has 5 nitrogen and oxygen atoms in total. The lowest BCUT2D eigenvalue weighted by Crippen LogP contribution is -2.20. The number of aromatic amines is 1. The first-order chi connectivity index (χ1) is 6.45. The number of hydrogen-bond acceptors (Lipinski definition) is 3. The van der Waals surface area contributed by atoms with Crippen LogP contribution in [-0.2, 0) is 0 Å². The Hall–Kier alpha value is -1.92. The highest BCUT2D eigenvalue weighted by atomic mass is 19.3. The molecule has 0 spiro atoms. The van der Waals surface area contributed by atoms with Crippen molar-refractivity contribution in [3.05, 3.63) is 27.7 Å². The molecule has 1 rings (SSSR count). The molecule has 0 amide bonds. The van der Waals surface area contributed by atoms with E-state index in [4.69, 9.17) is 10.2 Å². The minimum Gasteiger partial charge on any atom is -0.506 e. The molecule has 0 saturated heterocycles. The van der Waals surface area contributed by atoms with E-state index >= 15 is 0 Å². The van der Waals surface area contributed by atoms with Crippen molar-refractivity contribution in [3.63, 3.8) is 0 Å². The van der Waals surface area contributed by atoms with Crippen molar-refractivity contribution >= 4 is 5.97 Å². The number of carbonyl (C=O) groups is 1. The molecule has 0 bridgehead atoms. The third-order valence-electron chi connectivity index (χ3n) is 1.54. The summed E-state index contributed by atoms with van der Waals surface area (Å²) in [7, 11) is 0. The molecule has 0 aliphatic rings. The summed E-state index contributed by atoms with van der Waals surface area (Å²) in [5.74, 6) is -2.76.